The van der Waals surface area contributed by atoms with Crippen LogP contribution >= 0.6 is 12.4 Å². The minimum Gasteiger partial charge on any atom is -0.496 e. The van der Waals surface area contributed by atoms with Crippen molar-refractivity contribution in [3.8, 4) is 5.75 Å². The fourth-order valence-electron chi connectivity index (χ4n) is 2.71. The van der Waals surface area contributed by atoms with Crippen molar-refractivity contribution in [2.45, 2.75) is 19.3 Å². The van der Waals surface area contributed by atoms with Gasteiger partial charge in [0.1, 0.15) is 5.75 Å². The molecule has 0 aliphatic carbocycles. The van der Waals surface area contributed by atoms with Crippen molar-refractivity contribution >= 4 is 18.3 Å². The number of piperidine rings is 1. The van der Waals surface area contributed by atoms with Crippen LogP contribution in [-0.2, 0) is 0 Å². The number of amides is 1. The number of ether oxygens (including phenoxy) is 1. The molecule has 1 atom stereocenters. The van der Waals surface area contributed by atoms with Crippen molar-refractivity contribution in [3.05, 3.63) is 29.8 Å². The Hall–Kier alpha value is -1.26. The lowest BCUT2D eigenvalue weighted by Gasteiger charge is -2.33. The number of rotatable bonds is 4. The SMILES string of the molecule is COc1ccccc1C(=O)N1CCCC(CCN)C1.Cl. The summed E-state index contributed by atoms with van der Waals surface area (Å²) < 4.78 is 5.26. The van der Waals surface area contributed by atoms with Gasteiger partial charge in [-0.2, -0.15) is 0 Å². The van der Waals surface area contributed by atoms with Crippen molar-refractivity contribution in [2.24, 2.45) is 11.7 Å². The van der Waals surface area contributed by atoms with Gasteiger partial charge in [-0.15, -0.1) is 12.4 Å². The van der Waals surface area contributed by atoms with E-state index in [1.54, 1.807) is 7.11 Å². The van der Waals surface area contributed by atoms with E-state index >= 15 is 0 Å². The summed E-state index contributed by atoms with van der Waals surface area (Å²) in [4.78, 5) is 14.5. The number of hydrogen-bond donors (Lipinski definition) is 1. The molecule has 1 heterocycles. The minimum absolute atomic E-state index is 0. The number of halogens is 1. The molecule has 0 radical (unpaired) electrons. The lowest BCUT2D eigenvalue weighted by molar-refractivity contribution is 0.0666. The summed E-state index contributed by atoms with van der Waals surface area (Å²) in [5.74, 6) is 1.25. The van der Waals surface area contributed by atoms with Crippen LogP contribution in [-0.4, -0.2) is 37.6 Å². The number of nitrogens with two attached hydrogens (primary N) is 1. The number of carbonyl (C=O) groups excluding carboxylic acids is 1. The van der Waals surface area contributed by atoms with Crippen molar-refractivity contribution in [1.82, 2.24) is 4.90 Å². The fourth-order valence-corrected chi connectivity index (χ4v) is 2.71. The summed E-state index contributed by atoms with van der Waals surface area (Å²) >= 11 is 0. The predicted octanol–water partition coefficient (Wildman–Crippen LogP) is 2.32. The van der Waals surface area contributed by atoms with Crippen molar-refractivity contribution in [1.29, 1.82) is 0 Å². The highest BCUT2D eigenvalue weighted by atomic mass is 35.5. The Morgan fingerprint density at radius 1 is 1.45 bits per heavy atom. The molecule has 0 bridgehead atoms. The molecule has 0 saturated carbocycles. The van der Waals surface area contributed by atoms with Crippen LogP contribution in [0.3, 0.4) is 0 Å². The lowest BCUT2D eigenvalue weighted by Crippen LogP contribution is -2.40. The van der Waals surface area contributed by atoms with E-state index < -0.39 is 0 Å². The van der Waals surface area contributed by atoms with Gasteiger partial charge in [-0.3, -0.25) is 4.79 Å². The molecule has 2 N–H and O–H groups in total. The molecule has 0 aromatic heterocycles. The first-order valence-corrected chi connectivity index (χ1v) is 6.88. The monoisotopic (exact) mass is 298 g/mol. The molecule has 112 valence electrons. The topological polar surface area (TPSA) is 55.6 Å². The molecule has 1 aliphatic heterocycles. The molecule has 2 rings (SSSR count). The second-order valence-electron chi connectivity index (χ2n) is 5.04. The standard InChI is InChI=1S/C15H22N2O2.ClH/c1-19-14-7-3-2-6-13(14)15(18)17-10-4-5-12(11-17)8-9-16;/h2-3,6-7,12H,4-5,8-11,16H2,1H3;1H. The molecule has 1 aromatic carbocycles. The van der Waals surface area contributed by atoms with Crippen LogP contribution in [0.4, 0.5) is 0 Å². The summed E-state index contributed by atoms with van der Waals surface area (Å²) in [6, 6.07) is 7.41. The van der Waals surface area contributed by atoms with Crippen LogP contribution in [0.1, 0.15) is 29.6 Å². The number of hydrogen-bond acceptors (Lipinski definition) is 3. The molecule has 1 aromatic rings. The van der Waals surface area contributed by atoms with Gasteiger partial charge < -0.3 is 15.4 Å². The van der Waals surface area contributed by atoms with Gasteiger partial charge in [-0.1, -0.05) is 12.1 Å². The molecule has 1 fully saturated rings. The van der Waals surface area contributed by atoms with Gasteiger partial charge in [0.15, 0.2) is 0 Å². The number of methoxy groups -OCH3 is 1. The van der Waals surface area contributed by atoms with E-state index in [1.165, 1.54) is 6.42 Å². The third-order valence-corrected chi connectivity index (χ3v) is 3.72. The van der Waals surface area contributed by atoms with E-state index in [0.29, 0.717) is 23.8 Å². The smallest absolute Gasteiger partial charge is 0.257 e. The first-order valence-electron chi connectivity index (χ1n) is 6.88. The summed E-state index contributed by atoms with van der Waals surface area (Å²) in [5.41, 5.74) is 6.27. The van der Waals surface area contributed by atoms with Crippen LogP contribution in [0.5, 0.6) is 5.75 Å². The number of nitrogens with zero attached hydrogens (tertiary/aromatic N) is 1. The maximum Gasteiger partial charge on any atom is 0.257 e. The van der Waals surface area contributed by atoms with Gasteiger partial charge in [-0.05, 0) is 43.9 Å². The second kappa shape index (κ2) is 8.12. The number of likely N-dealkylation sites (tertiary alicyclic amines) is 1. The highest BCUT2D eigenvalue weighted by Crippen LogP contribution is 2.24. The van der Waals surface area contributed by atoms with Crippen LogP contribution in [0.25, 0.3) is 0 Å². The number of benzene rings is 1. The summed E-state index contributed by atoms with van der Waals surface area (Å²) in [5, 5.41) is 0. The van der Waals surface area contributed by atoms with E-state index in [1.807, 2.05) is 29.2 Å². The largest absolute Gasteiger partial charge is 0.496 e. The molecular weight excluding hydrogens is 276 g/mol. The molecule has 1 unspecified atom stereocenters. The van der Waals surface area contributed by atoms with Gasteiger partial charge in [0.2, 0.25) is 0 Å². The van der Waals surface area contributed by atoms with E-state index in [9.17, 15) is 4.79 Å². The maximum atomic E-state index is 12.5. The van der Waals surface area contributed by atoms with Gasteiger partial charge in [0, 0.05) is 13.1 Å². The zero-order valence-electron chi connectivity index (χ0n) is 11.9. The van der Waals surface area contributed by atoms with Crippen molar-refractivity contribution < 1.29 is 9.53 Å². The zero-order valence-corrected chi connectivity index (χ0v) is 12.7. The Labute approximate surface area is 126 Å². The van der Waals surface area contributed by atoms with Crippen molar-refractivity contribution in [3.63, 3.8) is 0 Å². The average Bonchev–Trinajstić information content (AvgIpc) is 2.47. The molecule has 0 spiro atoms. The van der Waals surface area contributed by atoms with E-state index in [2.05, 4.69) is 0 Å². The molecule has 1 aliphatic rings. The molecule has 1 saturated heterocycles. The Morgan fingerprint density at radius 3 is 2.90 bits per heavy atom. The number of para-hydroxylation sites is 1. The highest BCUT2D eigenvalue weighted by Gasteiger charge is 2.25. The van der Waals surface area contributed by atoms with Crippen LogP contribution < -0.4 is 10.5 Å². The van der Waals surface area contributed by atoms with Crippen molar-refractivity contribution in [2.75, 3.05) is 26.7 Å². The second-order valence-corrected chi connectivity index (χ2v) is 5.04. The third-order valence-electron chi connectivity index (χ3n) is 3.72. The van der Waals surface area contributed by atoms with Gasteiger partial charge in [0.05, 0.1) is 12.7 Å². The summed E-state index contributed by atoms with van der Waals surface area (Å²) in [6.45, 7) is 2.34. The first-order chi connectivity index (χ1) is 9.26. The Bertz CT molecular complexity index is 438. The van der Waals surface area contributed by atoms with Gasteiger partial charge in [-0.25, -0.2) is 0 Å². The van der Waals surface area contributed by atoms with E-state index in [-0.39, 0.29) is 18.3 Å². The first kappa shape index (κ1) is 16.8. The quantitative estimate of drug-likeness (QED) is 0.928. The molecule has 4 nitrogen and oxygen atoms in total. The Morgan fingerprint density at radius 2 is 2.20 bits per heavy atom. The Kier molecular flexibility index (Phi) is 6.82. The van der Waals surface area contributed by atoms with Crippen LogP contribution in [0.15, 0.2) is 24.3 Å². The normalized spacial score (nSPS) is 18.3. The number of carbonyl (C=O) groups is 1. The van der Waals surface area contributed by atoms with Crippen LogP contribution in [0.2, 0.25) is 0 Å². The summed E-state index contributed by atoms with van der Waals surface area (Å²) in [7, 11) is 1.60. The molecule has 5 heteroatoms. The zero-order chi connectivity index (χ0) is 13.7. The molecule has 1 amide bonds. The Balaban J connectivity index is 0.00000200. The maximum absolute atomic E-state index is 12.5. The van der Waals surface area contributed by atoms with E-state index in [0.717, 1.165) is 25.9 Å². The van der Waals surface area contributed by atoms with E-state index in [4.69, 9.17) is 10.5 Å². The third kappa shape index (κ3) is 3.87. The summed E-state index contributed by atoms with van der Waals surface area (Å²) in [6.07, 6.45) is 3.23. The average molecular weight is 299 g/mol. The predicted molar refractivity (Wildman–Crippen MR) is 82.5 cm³/mol. The fraction of sp³-hybridized carbons (Fsp3) is 0.533. The van der Waals surface area contributed by atoms with Gasteiger partial charge in [0.25, 0.3) is 5.91 Å². The highest BCUT2D eigenvalue weighted by molar-refractivity contribution is 5.97. The molecule has 20 heavy (non-hydrogen) atoms. The molecular formula is C15H23ClN2O2. The van der Waals surface area contributed by atoms with Crippen LogP contribution in [0, 0.1) is 5.92 Å². The van der Waals surface area contributed by atoms with Gasteiger partial charge >= 0.3 is 0 Å². The lowest BCUT2D eigenvalue weighted by atomic mass is 9.94. The minimum atomic E-state index is 0.